The van der Waals surface area contributed by atoms with E-state index in [4.69, 9.17) is 4.74 Å². The lowest BCUT2D eigenvalue weighted by molar-refractivity contribution is -0.435. The fourth-order valence-electron chi connectivity index (χ4n) is 6.26. The molecule has 6 atom stereocenters. The van der Waals surface area contributed by atoms with Gasteiger partial charge in [0.15, 0.2) is 0 Å². The van der Waals surface area contributed by atoms with Crippen molar-refractivity contribution >= 4 is 8.07 Å². The minimum Gasteiger partial charge on any atom is -0.360 e. The van der Waals surface area contributed by atoms with Gasteiger partial charge >= 0.3 is 0 Å². The van der Waals surface area contributed by atoms with Crippen LogP contribution < -0.4 is 0 Å². The number of hydrogen-bond donors (Lipinski definition) is 0. The van der Waals surface area contributed by atoms with Crippen LogP contribution in [0.3, 0.4) is 0 Å². The van der Waals surface area contributed by atoms with Crippen LogP contribution in [0.2, 0.25) is 19.6 Å². The maximum atomic E-state index is 11.7. The fourth-order valence-corrected chi connectivity index (χ4v) is 8.67. The van der Waals surface area contributed by atoms with E-state index in [1.165, 1.54) is 5.20 Å². The van der Waals surface area contributed by atoms with Gasteiger partial charge in [-0.1, -0.05) is 31.8 Å². The average molecular weight is 289 g/mol. The molecule has 1 aliphatic heterocycles. The minimum absolute atomic E-state index is 0.0355. The van der Waals surface area contributed by atoms with Crippen LogP contribution in [0.15, 0.2) is 23.0 Å². The molecule has 0 radical (unpaired) electrons. The molecule has 0 spiro atoms. The van der Waals surface area contributed by atoms with Crippen LogP contribution >= 0.6 is 0 Å². The summed E-state index contributed by atoms with van der Waals surface area (Å²) in [5.41, 5.74) is 0.345. The summed E-state index contributed by atoms with van der Waals surface area (Å²) in [7, 11) is -1.68. The molecule has 0 amide bonds. The first-order valence-electron chi connectivity index (χ1n) is 7.61. The summed E-state index contributed by atoms with van der Waals surface area (Å²) in [5, 5.41) is 12.9. The Balaban J connectivity index is 1.74. The van der Waals surface area contributed by atoms with Crippen molar-refractivity contribution < 1.29 is 9.66 Å². The van der Waals surface area contributed by atoms with E-state index in [-0.39, 0.29) is 22.0 Å². The zero-order valence-corrected chi connectivity index (χ0v) is 13.1. The molecule has 106 valence electrons. The van der Waals surface area contributed by atoms with Crippen molar-refractivity contribution in [1.29, 1.82) is 0 Å². The van der Waals surface area contributed by atoms with Crippen LogP contribution in [0.25, 0.3) is 0 Å². The predicted molar refractivity (Wildman–Crippen MR) is 76.2 cm³/mol. The van der Waals surface area contributed by atoms with Gasteiger partial charge in [0.25, 0.3) is 0 Å². The Bertz CT molecular complexity index is 634. The normalized spacial score (nSPS) is 53.5. The Morgan fingerprint density at radius 2 is 1.80 bits per heavy atom. The van der Waals surface area contributed by atoms with Crippen LogP contribution in [-0.4, -0.2) is 24.2 Å². The second-order valence-corrected chi connectivity index (χ2v) is 13.2. The largest absolute Gasteiger partial charge is 0.360 e. The van der Waals surface area contributed by atoms with Gasteiger partial charge in [-0.25, -0.2) is 0 Å². The molecule has 20 heavy (non-hydrogen) atoms. The van der Waals surface area contributed by atoms with Crippen molar-refractivity contribution in [3.8, 4) is 0 Å². The van der Waals surface area contributed by atoms with Gasteiger partial charge in [-0.3, -0.25) is 10.1 Å². The molecule has 0 N–H and O–H groups in total. The third kappa shape index (κ3) is 0.871. The molecular weight excluding hydrogens is 270 g/mol. The first-order chi connectivity index (χ1) is 9.34. The SMILES string of the molecule is C[Si](C)(C)C1=C([N+](=O)[O-])[C@H]2C[C@H]1[C@]13O[C@@]21[C@H]1C=C[C@H]3C1. The van der Waals surface area contributed by atoms with E-state index in [2.05, 4.69) is 31.8 Å². The highest BCUT2D eigenvalue weighted by atomic mass is 28.3. The minimum atomic E-state index is -1.68. The standard InChI is InChI=1S/C15H19NO3Si/c1-20(2,3)13-11-7-10(12(13)16(17)18)14-8-4-5-9(6-8)15(11,14)19-14/h4-5,8-11H,6-7H2,1-3H3/t8-,9-,10+,11+,14-,15-/m0/s1. The molecule has 4 nitrogen and oxygen atoms in total. The van der Waals surface area contributed by atoms with Gasteiger partial charge in [0, 0.05) is 17.8 Å². The van der Waals surface area contributed by atoms with Crippen LogP contribution in [-0.2, 0) is 4.74 Å². The molecule has 1 saturated heterocycles. The van der Waals surface area contributed by atoms with Crippen LogP contribution in [0.5, 0.6) is 0 Å². The van der Waals surface area contributed by atoms with Gasteiger partial charge in [-0.15, -0.1) is 0 Å². The molecule has 1 heterocycles. The van der Waals surface area contributed by atoms with E-state index in [1.807, 2.05) is 0 Å². The summed E-state index contributed by atoms with van der Waals surface area (Å²) in [4.78, 5) is 11.6. The molecule has 5 aliphatic rings. The predicted octanol–water partition coefficient (Wildman–Crippen LogP) is 2.76. The second-order valence-electron chi connectivity index (χ2n) is 8.17. The average Bonchev–Trinajstić information content (AvgIpc) is 2.77. The van der Waals surface area contributed by atoms with E-state index >= 15 is 0 Å². The van der Waals surface area contributed by atoms with E-state index in [1.54, 1.807) is 0 Å². The molecular formula is C15H19NO3Si. The molecule has 4 bridgehead atoms. The number of ether oxygens (including phenoxy) is 1. The van der Waals surface area contributed by atoms with Crippen molar-refractivity contribution in [2.45, 2.75) is 43.7 Å². The summed E-state index contributed by atoms with van der Waals surface area (Å²) < 4.78 is 6.36. The van der Waals surface area contributed by atoms with Crippen molar-refractivity contribution in [3.05, 3.63) is 33.2 Å². The Labute approximate surface area is 119 Å². The molecule has 5 rings (SSSR count). The molecule has 2 saturated carbocycles. The number of hydrogen-bond acceptors (Lipinski definition) is 3. The second kappa shape index (κ2) is 2.83. The van der Waals surface area contributed by atoms with E-state index in [0.29, 0.717) is 23.5 Å². The lowest BCUT2D eigenvalue weighted by Gasteiger charge is -2.31. The summed E-state index contributed by atoms with van der Waals surface area (Å²) in [6.07, 6.45) is 6.73. The quantitative estimate of drug-likeness (QED) is 0.258. The third-order valence-electron chi connectivity index (χ3n) is 6.56. The first kappa shape index (κ1) is 11.7. The lowest BCUT2D eigenvalue weighted by Crippen LogP contribution is -2.44. The topological polar surface area (TPSA) is 55.7 Å². The first-order valence-corrected chi connectivity index (χ1v) is 11.1. The monoisotopic (exact) mass is 289 g/mol. The molecule has 0 aromatic carbocycles. The van der Waals surface area contributed by atoms with Crippen molar-refractivity contribution in [3.63, 3.8) is 0 Å². The molecule has 0 aromatic rings. The molecule has 5 heteroatoms. The molecule has 0 aromatic heterocycles. The van der Waals surface area contributed by atoms with E-state index in [9.17, 15) is 10.1 Å². The Morgan fingerprint density at radius 1 is 1.20 bits per heavy atom. The van der Waals surface area contributed by atoms with Gasteiger partial charge in [-0.05, 0) is 18.0 Å². The van der Waals surface area contributed by atoms with Crippen molar-refractivity contribution in [1.82, 2.24) is 0 Å². The van der Waals surface area contributed by atoms with Crippen molar-refractivity contribution in [2.75, 3.05) is 0 Å². The Kier molecular flexibility index (Phi) is 1.66. The Morgan fingerprint density at radius 3 is 2.35 bits per heavy atom. The fraction of sp³-hybridized carbons (Fsp3) is 0.733. The van der Waals surface area contributed by atoms with Gasteiger partial charge in [0.2, 0.25) is 5.70 Å². The highest BCUT2D eigenvalue weighted by Crippen LogP contribution is 2.83. The molecule has 0 unspecified atom stereocenters. The summed E-state index contributed by atoms with van der Waals surface area (Å²) >= 11 is 0. The summed E-state index contributed by atoms with van der Waals surface area (Å²) in [6.45, 7) is 6.74. The zero-order chi connectivity index (χ0) is 14.1. The van der Waals surface area contributed by atoms with Gasteiger partial charge < -0.3 is 4.74 Å². The zero-order valence-electron chi connectivity index (χ0n) is 12.1. The number of rotatable bonds is 2. The highest BCUT2D eigenvalue weighted by Gasteiger charge is 2.93. The number of epoxide rings is 1. The van der Waals surface area contributed by atoms with Crippen LogP contribution in [0.1, 0.15) is 12.8 Å². The third-order valence-corrected chi connectivity index (χ3v) is 8.78. The van der Waals surface area contributed by atoms with Gasteiger partial charge in [-0.2, -0.15) is 0 Å². The van der Waals surface area contributed by atoms with Crippen LogP contribution in [0.4, 0.5) is 0 Å². The Hall–Kier alpha value is -0.943. The van der Waals surface area contributed by atoms with Crippen molar-refractivity contribution in [2.24, 2.45) is 23.7 Å². The van der Waals surface area contributed by atoms with Gasteiger partial charge in [0.05, 0.1) is 18.9 Å². The maximum Gasteiger partial charge on any atom is 0.248 e. The van der Waals surface area contributed by atoms with E-state index < -0.39 is 8.07 Å². The smallest absolute Gasteiger partial charge is 0.248 e. The highest BCUT2D eigenvalue weighted by molar-refractivity contribution is 6.83. The van der Waals surface area contributed by atoms with Crippen LogP contribution in [0, 0.1) is 33.8 Å². The number of nitro groups is 1. The number of nitrogens with zero attached hydrogens (tertiary/aromatic N) is 1. The molecule has 4 aliphatic carbocycles. The summed E-state index contributed by atoms with van der Waals surface area (Å²) in [5.74, 6) is 1.34. The maximum absolute atomic E-state index is 11.7. The molecule has 3 fully saturated rings. The van der Waals surface area contributed by atoms with Gasteiger partial charge in [0.1, 0.15) is 11.2 Å². The number of fused-ring (bicyclic) bond motifs is 4. The lowest BCUT2D eigenvalue weighted by atomic mass is 9.75. The van der Waals surface area contributed by atoms with E-state index in [0.717, 1.165) is 12.8 Å². The summed E-state index contributed by atoms with van der Waals surface area (Å²) in [6, 6.07) is 0.